The molecule has 0 aliphatic carbocycles. The van der Waals surface area contributed by atoms with Gasteiger partial charge in [0.1, 0.15) is 6.29 Å². The SMILES string of the molecule is CN(CC1CCOCC1)c1ccc(C=O)cc1C(F)(F)F. The molecule has 1 heterocycles. The lowest BCUT2D eigenvalue weighted by Gasteiger charge is -2.30. The van der Waals surface area contributed by atoms with Crippen LogP contribution in [-0.2, 0) is 10.9 Å². The molecule has 2 rings (SSSR count). The number of carbonyl (C=O) groups is 1. The van der Waals surface area contributed by atoms with Crippen molar-refractivity contribution in [2.75, 3.05) is 31.7 Å². The van der Waals surface area contributed by atoms with Gasteiger partial charge in [-0.05, 0) is 37.0 Å². The standard InChI is InChI=1S/C15H18F3NO2/c1-19(9-11-4-6-21-7-5-11)14-3-2-12(10-20)8-13(14)15(16,17)18/h2-3,8,10-11H,4-7,9H2,1H3. The average Bonchev–Trinajstić information content (AvgIpc) is 2.46. The lowest BCUT2D eigenvalue weighted by molar-refractivity contribution is -0.137. The second kappa shape index (κ2) is 6.47. The maximum absolute atomic E-state index is 13.1. The van der Waals surface area contributed by atoms with Gasteiger partial charge in [0.05, 0.1) is 5.56 Å². The van der Waals surface area contributed by atoms with Crippen LogP contribution in [0.5, 0.6) is 0 Å². The van der Waals surface area contributed by atoms with Crippen molar-refractivity contribution < 1.29 is 22.7 Å². The fraction of sp³-hybridized carbons (Fsp3) is 0.533. The predicted molar refractivity (Wildman–Crippen MR) is 73.6 cm³/mol. The third-order valence-electron chi connectivity index (χ3n) is 3.75. The van der Waals surface area contributed by atoms with E-state index in [1.54, 1.807) is 11.9 Å². The van der Waals surface area contributed by atoms with Crippen molar-refractivity contribution in [3.63, 3.8) is 0 Å². The number of ether oxygens (including phenoxy) is 1. The molecule has 0 spiro atoms. The van der Waals surface area contributed by atoms with Gasteiger partial charge < -0.3 is 9.64 Å². The van der Waals surface area contributed by atoms with E-state index in [-0.39, 0.29) is 11.3 Å². The highest BCUT2D eigenvalue weighted by molar-refractivity contribution is 5.77. The van der Waals surface area contributed by atoms with Gasteiger partial charge in [-0.2, -0.15) is 13.2 Å². The van der Waals surface area contributed by atoms with Crippen molar-refractivity contribution in [2.24, 2.45) is 5.92 Å². The summed E-state index contributed by atoms with van der Waals surface area (Å²) in [4.78, 5) is 12.3. The summed E-state index contributed by atoms with van der Waals surface area (Å²) in [6, 6.07) is 3.69. The third-order valence-corrected chi connectivity index (χ3v) is 3.75. The zero-order valence-electron chi connectivity index (χ0n) is 11.8. The van der Waals surface area contributed by atoms with Crippen molar-refractivity contribution in [1.82, 2.24) is 0 Å². The van der Waals surface area contributed by atoms with Crippen molar-refractivity contribution in [3.8, 4) is 0 Å². The third kappa shape index (κ3) is 3.97. The summed E-state index contributed by atoms with van der Waals surface area (Å²) in [5, 5.41) is 0. The average molecular weight is 301 g/mol. The molecule has 1 fully saturated rings. The zero-order valence-corrected chi connectivity index (χ0v) is 11.8. The molecule has 6 heteroatoms. The van der Waals surface area contributed by atoms with Crippen LogP contribution in [0.15, 0.2) is 18.2 Å². The number of nitrogens with zero attached hydrogens (tertiary/aromatic N) is 1. The summed E-state index contributed by atoms with van der Waals surface area (Å²) in [5.41, 5.74) is -0.619. The Bertz CT molecular complexity index is 496. The summed E-state index contributed by atoms with van der Waals surface area (Å²) in [5.74, 6) is 0.329. The summed E-state index contributed by atoms with van der Waals surface area (Å²) in [7, 11) is 1.65. The number of carbonyl (C=O) groups excluding carboxylic acids is 1. The molecule has 21 heavy (non-hydrogen) atoms. The van der Waals surface area contributed by atoms with Gasteiger partial charge in [0.2, 0.25) is 0 Å². The van der Waals surface area contributed by atoms with Crippen molar-refractivity contribution in [3.05, 3.63) is 29.3 Å². The molecule has 0 unspecified atom stereocenters. The van der Waals surface area contributed by atoms with Crippen LogP contribution in [-0.4, -0.2) is 33.1 Å². The molecule has 3 nitrogen and oxygen atoms in total. The minimum Gasteiger partial charge on any atom is -0.381 e. The molecule has 0 aromatic heterocycles. The van der Waals surface area contributed by atoms with E-state index in [0.717, 1.165) is 18.9 Å². The lowest BCUT2D eigenvalue weighted by atomic mass is 9.99. The topological polar surface area (TPSA) is 29.5 Å². The van der Waals surface area contributed by atoms with Gasteiger partial charge in [-0.25, -0.2) is 0 Å². The van der Waals surface area contributed by atoms with Gasteiger partial charge in [-0.1, -0.05) is 0 Å². The van der Waals surface area contributed by atoms with Crippen molar-refractivity contribution in [2.45, 2.75) is 19.0 Å². The number of hydrogen-bond acceptors (Lipinski definition) is 3. The van der Waals surface area contributed by atoms with Gasteiger partial charge in [-0.15, -0.1) is 0 Å². The molecule has 1 aromatic rings. The Kier molecular flexibility index (Phi) is 4.88. The fourth-order valence-electron chi connectivity index (χ4n) is 2.60. The monoisotopic (exact) mass is 301 g/mol. The van der Waals surface area contributed by atoms with Crippen molar-refractivity contribution >= 4 is 12.0 Å². The fourth-order valence-corrected chi connectivity index (χ4v) is 2.60. The van der Waals surface area contributed by atoms with Crippen LogP contribution >= 0.6 is 0 Å². The maximum Gasteiger partial charge on any atom is 0.418 e. The first-order valence-electron chi connectivity index (χ1n) is 6.87. The molecule has 1 saturated heterocycles. The highest BCUT2D eigenvalue weighted by Crippen LogP contribution is 2.37. The van der Waals surface area contributed by atoms with E-state index in [4.69, 9.17) is 4.74 Å². The van der Waals surface area contributed by atoms with Gasteiger partial charge >= 0.3 is 6.18 Å². The summed E-state index contributed by atoms with van der Waals surface area (Å²) >= 11 is 0. The molecule has 0 atom stereocenters. The quantitative estimate of drug-likeness (QED) is 0.799. The summed E-state index contributed by atoms with van der Waals surface area (Å²) < 4.78 is 44.7. The zero-order chi connectivity index (χ0) is 15.5. The first-order chi connectivity index (χ1) is 9.91. The second-order valence-corrected chi connectivity index (χ2v) is 5.33. The molecule has 0 bridgehead atoms. The first-order valence-corrected chi connectivity index (χ1v) is 6.87. The largest absolute Gasteiger partial charge is 0.418 e. The second-order valence-electron chi connectivity index (χ2n) is 5.33. The minimum absolute atomic E-state index is 0.0329. The number of hydrogen-bond donors (Lipinski definition) is 0. The molecule has 0 saturated carbocycles. The van der Waals surface area contributed by atoms with Gasteiger partial charge in [0.15, 0.2) is 0 Å². The highest BCUT2D eigenvalue weighted by atomic mass is 19.4. The Hall–Kier alpha value is -1.56. The number of alkyl halides is 3. The Balaban J connectivity index is 2.22. The van der Waals surface area contributed by atoms with Gasteiger partial charge in [0.25, 0.3) is 0 Å². The minimum atomic E-state index is -4.47. The predicted octanol–water partition coefficient (Wildman–Crippen LogP) is 3.38. The molecule has 0 amide bonds. The smallest absolute Gasteiger partial charge is 0.381 e. The maximum atomic E-state index is 13.1. The van der Waals surface area contributed by atoms with E-state index >= 15 is 0 Å². The normalized spacial score (nSPS) is 16.8. The Morgan fingerprint density at radius 1 is 1.33 bits per heavy atom. The Morgan fingerprint density at radius 2 is 2.00 bits per heavy atom. The van der Waals surface area contributed by atoms with Crippen LogP contribution < -0.4 is 4.90 Å². The molecule has 116 valence electrons. The number of rotatable bonds is 4. The van der Waals surface area contributed by atoms with E-state index in [1.165, 1.54) is 12.1 Å². The Morgan fingerprint density at radius 3 is 2.57 bits per heavy atom. The van der Waals surface area contributed by atoms with Crippen LogP contribution in [0.25, 0.3) is 0 Å². The van der Waals surface area contributed by atoms with E-state index in [0.29, 0.717) is 32.0 Å². The molecular weight excluding hydrogens is 283 g/mol. The molecule has 0 radical (unpaired) electrons. The lowest BCUT2D eigenvalue weighted by Crippen LogP contribution is -2.31. The summed E-state index contributed by atoms with van der Waals surface area (Å²) in [6.07, 6.45) is -2.33. The molecule has 1 aliphatic rings. The molecule has 1 aromatic carbocycles. The van der Waals surface area contributed by atoms with Gasteiger partial charge in [-0.3, -0.25) is 4.79 Å². The van der Waals surface area contributed by atoms with Crippen LogP contribution in [0, 0.1) is 5.92 Å². The number of anilines is 1. The van der Waals surface area contributed by atoms with Crippen LogP contribution in [0.4, 0.5) is 18.9 Å². The summed E-state index contributed by atoms with van der Waals surface area (Å²) in [6.45, 7) is 1.87. The first kappa shape index (κ1) is 15.8. The van der Waals surface area contributed by atoms with Crippen LogP contribution in [0.2, 0.25) is 0 Å². The van der Waals surface area contributed by atoms with Crippen LogP contribution in [0.1, 0.15) is 28.8 Å². The van der Waals surface area contributed by atoms with E-state index in [2.05, 4.69) is 0 Å². The number of aldehydes is 1. The van der Waals surface area contributed by atoms with E-state index in [9.17, 15) is 18.0 Å². The van der Waals surface area contributed by atoms with E-state index in [1.807, 2.05) is 0 Å². The number of halogens is 3. The molecular formula is C15H18F3NO2. The molecule has 1 aliphatic heterocycles. The Labute approximate surface area is 121 Å². The van der Waals surface area contributed by atoms with Gasteiger partial charge in [0, 0.05) is 38.1 Å². The number of benzene rings is 1. The van der Waals surface area contributed by atoms with E-state index < -0.39 is 11.7 Å². The molecule has 0 N–H and O–H groups in total. The van der Waals surface area contributed by atoms with Crippen LogP contribution in [0.3, 0.4) is 0 Å². The van der Waals surface area contributed by atoms with Crippen molar-refractivity contribution in [1.29, 1.82) is 0 Å². The highest BCUT2D eigenvalue weighted by Gasteiger charge is 2.35.